The van der Waals surface area contributed by atoms with E-state index < -0.39 is 0 Å². The van der Waals surface area contributed by atoms with Gasteiger partial charge >= 0.3 is 5.97 Å². The number of hydrogen-bond donors (Lipinski definition) is 0. The number of unbranched alkanes of at least 4 members (excludes halogenated alkanes) is 2. The van der Waals surface area contributed by atoms with Crippen molar-refractivity contribution in [3.8, 4) is 0 Å². The Balaban J connectivity index is 2.58. The van der Waals surface area contributed by atoms with Gasteiger partial charge in [0.25, 0.3) is 0 Å². The molecule has 0 heterocycles. The van der Waals surface area contributed by atoms with Gasteiger partial charge in [0.15, 0.2) is 0 Å². The molecule has 0 fully saturated rings. The zero-order valence-corrected chi connectivity index (χ0v) is 12.4. The molecule has 0 aromatic heterocycles. The van der Waals surface area contributed by atoms with Crippen molar-refractivity contribution in [2.24, 2.45) is 5.92 Å². The van der Waals surface area contributed by atoms with Crippen molar-refractivity contribution in [2.45, 2.75) is 45.4 Å². The predicted molar refractivity (Wildman–Crippen MR) is 79.8 cm³/mol. The molecule has 1 unspecified atom stereocenters. The van der Waals surface area contributed by atoms with Crippen LogP contribution < -0.4 is 0 Å². The Morgan fingerprint density at radius 2 is 1.95 bits per heavy atom. The summed E-state index contributed by atoms with van der Waals surface area (Å²) in [5, 5.41) is 0. The number of rotatable bonds is 9. The van der Waals surface area contributed by atoms with E-state index in [4.69, 9.17) is 0 Å². The summed E-state index contributed by atoms with van der Waals surface area (Å²) in [4.78, 5) is 22.1. The molecular formula is C17H24O3. The first-order valence-electron chi connectivity index (χ1n) is 7.32. The number of aldehydes is 1. The van der Waals surface area contributed by atoms with Crippen molar-refractivity contribution < 1.29 is 14.3 Å². The van der Waals surface area contributed by atoms with Gasteiger partial charge in [-0.1, -0.05) is 38.3 Å². The topological polar surface area (TPSA) is 43.4 Å². The van der Waals surface area contributed by atoms with Crippen molar-refractivity contribution in [2.75, 3.05) is 7.11 Å². The highest BCUT2D eigenvalue weighted by atomic mass is 16.5. The highest BCUT2D eigenvalue weighted by Gasteiger charge is 2.10. The van der Waals surface area contributed by atoms with Crippen LogP contribution in [0.3, 0.4) is 0 Å². The van der Waals surface area contributed by atoms with Crippen LogP contribution in [0.2, 0.25) is 0 Å². The SMILES string of the molecule is CCCCCC(CC=O)Cc1ccc(C(=O)OC)cc1. The molecule has 0 aliphatic rings. The number of carbonyl (C=O) groups is 2. The van der Waals surface area contributed by atoms with Crippen LogP contribution in [-0.2, 0) is 16.0 Å². The lowest BCUT2D eigenvalue weighted by Gasteiger charge is -2.14. The van der Waals surface area contributed by atoms with E-state index in [0.29, 0.717) is 17.9 Å². The number of methoxy groups -OCH3 is 1. The van der Waals surface area contributed by atoms with E-state index in [9.17, 15) is 9.59 Å². The van der Waals surface area contributed by atoms with Crippen LogP contribution in [0.4, 0.5) is 0 Å². The average molecular weight is 276 g/mol. The maximum absolute atomic E-state index is 11.4. The van der Waals surface area contributed by atoms with Crippen molar-refractivity contribution in [3.63, 3.8) is 0 Å². The summed E-state index contributed by atoms with van der Waals surface area (Å²) in [5.74, 6) is 0.0898. The molecule has 1 aromatic rings. The molecule has 3 heteroatoms. The number of ether oxygens (including phenoxy) is 1. The van der Waals surface area contributed by atoms with E-state index >= 15 is 0 Å². The minimum absolute atomic E-state index is 0.316. The van der Waals surface area contributed by atoms with Gasteiger partial charge in [0, 0.05) is 6.42 Å². The van der Waals surface area contributed by atoms with Gasteiger partial charge < -0.3 is 9.53 Å². The van der Waals surface area contributed by atoms with Gasteiger partial charge in [-0.3, -0.25) is 0 Å². The standard InChI is InChI=1S/C17H24O3/c1-3-4-5-6-14(11-12-18)13-15-7-9-16(10-8-15)17(19)20-2/h7-10,12,14H,3-6,11,13H2,1-2H3. The second-order valence-corrected chi connectivity index (χ2v) is 5.16. The molecule has 0 saturated heterocycles. The molecule has 0 aliphatic heterocycles. The summed E-state index contributed by atoms with van der Waals surface area (Å²) >= 11 is 0. The van der Waals surface area contributed by atoms with Crippen LogP contribution in [-0.4, -0.2) is 19.4 Å². The lowest BCUT2D eigenvalue weighted by atomic mass is 9.91. The first kappa shape index (κ1) is 16.4. The first-order chi connectivity index (χ1) is 9.71. The molecule has 0 radical (unpaired) electrons. The molecule has 110 valence electrons. The van der Waals surface area contributed by atoms with Crippen molar-refractivity contribution >= 4 is 12.3 Å². The molecule has 0 N–H and O–H groups in total. The zero-order chi connectivity index (χ0) is 14.8. The lowest BCUT2D eigenvalue weighted by molar-refractivity contribution is -0.108. The number of benzene rings is 1. The van der Waals surface area contributed by atoms with E-state index in [1.165, 1.54) is 31.9 Å². The van der Waals surface area contributed by atoms with E-state index in [0.717, 1.165) is 19.1 Å². The van der Waals surface area contributed by atoms with Gasteiger partial charge in [0.2, 0.25) is 0 Å². The van der Waals surface area contributed by atoms with Gasteiger partial charge in [-0.25, -0.2) is 4.79 Å². The van der Waals surface area contributed by atoms with Crippen LogP contribution in [0.15, 0.2) is 24.3 Å². The zero-order valence-electron chi connectivity index (χ0n) is 12.4. The third-order valence-corrected chi connectivity index (χ3v) is 3.54. The van der Waals surface area contributed by atoms with Gasteiger partial charge in [0.05, 0.1) is 12.7 Å². The summed E-state index contributed by atoms with van der Waals surface area (Å²) in [5.41, 5.74) is 1.73. The number of carbonyl (C=O) groups excluding carboxylic acids is 2. The van der Waals surface area contributed by atoms with Crippen LogP contribution in [0.1, 0.15) is 54.9 Å². The van der Waals surface area contributed by atoms with E-state index in [1.54, 1.807) is 12.1 Å². The van der Waals surface area contributed by atoms with Gasteiger partial charge in [-0.05, 0) is 36.5 Å². The maximum Gasteiger partial charge on any atom is 0.337 e. The molecule has 3 nitrogen and oxygen atoms in total. The third kappa shape index (κ3) is 5.55. The molecule has 1 rings (SSSR count). The highest BCUT2D eigenvalue weighted by molar-refractivity contribution is 5.89. The van der Waals surface area contributed by atoms with Crippen LogP contribution in [0.25, 0.3) is 0 Å². The van der Waals surface area contributed by atoms with Crippen LogP contribution >= 0.6 is 0 Å². The third-order valence-electron chi connectivity index (χ3n) is 3.54. The fourth-order valence-corrected chi connectivity index (χ4v) is 2.35. The van der Waals surface area contributed by atoms with Crippen molar-refractivity contribution in [3.05, 3.63) is 35.4 Å². The van der Waals surface area contributed by atoms with E-state index in [2.05, 4.69) is 11.7 Å². The maximum atomic E-state index is 11.4. The largest absolute Gasteiger partial charge is 0.465 e. The fourth-order valence-electron chi connectivity index (χ4n) is 2.35. The quantitative estimate of drug-likeness (QED) is 0.391. The summed E-state index contributed by atoms with van der Waals surface area (Å²) in [6.07, 6.45) is 7.20. The molecule has 0 amide bonds. The molecule has 1 aromatic carbocycles. The second kappa shape index (κ2) is 9.29. The first-order valence-corrected chi connectivity index (χ1v) is 7.32. The Labute approximate surface area is 121 Å². The van der Waals surface area contributed by atoms with Crippen LogP contribution in [0, 0.1) is 5.92 Å². The Hall–Kier alpha value is -1.64. The molecule has 0 spiro atoms. The molecule has 0 aliphatic carbocycles. The Bertz CT molecular complexity index is 409. The second-order valence-electron chi connectivity index (χ2n) is 5.16. The van der Waals surface area contributed by atoms with Gasteiger partial charge in [-0.2, -0.15) is 0 Å². The normalized spacial score (nSPS) is 11.9. The summed E-state index contributed by atoms with van der Waals surface area (Å²) in [6, 6.07) is 7.46. The molecule has 1 atom stereocenters. The molecule has 0 bridgehead atoms. The van der Waals surface area contributed by atoms with Crippen molar-refractivity contribution in [1.29, 1.82) is 0 Å². The van der Waals surface area contributed by atoms with E-state index in [1.807, 2.05) is 12.1 Å². The number of esters is 1. The minimum atomic E-state index is -0.316. The monoisotopic (exact) mass is 276 g/mol. The Kier molecular flexibility index (Phi) is 7.63. The molecule has 20 heavy (non-hydrogen) atoms. The molecule has 0 saturated carbocycles. The fraction of sp³-hybridized carbons (Fsp3) is 0.529. The Morgan fingerprint density at radius 1 is 1.25 bits per heavy atom. The smallest absolute Gasteiger partial charge is 0.337 e. The van der Waals surface area contributed by atoms with E-state index in [-0.39, 0.29) is 5.97 Å². The highest BCUT2D eigenvalue weighted by Crippen LogP contribution is 2.19. The lowest BCUT2D eigenvalue weighted by Crippen LogP contribution is -2.06. The summed E-state index contributed by atoms with van der Waals surface area (Å²) < 4.78 is 4.68. The minimum Gasteiger partial charge on any atom is -0.465 e. The Morgan fingerprint density at radius 3 is 2.50 bits per heavy atom. The summed E-state index contributed by atoms with van der Waals surface area (Å²) in [7, 11) is 1.38. The van der Waals surface area contributed by atoms with Crippen molar-refractivity contribution in [1.82, 2.24) is 0 Å². The van der Waals surface area contributed by atoms with Gasteiger partial charge in [-0.15, -0.1) is 0 Å². The molecular weight excluding hydrogens is 252 g/mol. The number of hydrogen-bond acceptors (Lipinski definition) is 3. The van der Waals surface area contributed by atoms with Gasteiger partial charge in [0.1, 0.15) is 6.29 Å². The predicted octanol–water partition coefficient (Wildman–Crippen LogP) is 3.80. The van der Waals surface area contributed by atoms with Crippen LogP contribution in [0.5, 0.6) is 0 Å². The summed E-state index contributed by atoms with van der Waals surface area (Å²) in [6.45, 7) is 2.18. The average Bonchev–Trinajstić information content (AvgIpc) is 2.47.